The summed E-state index contributed by atoms with van der Waals surface area (Å²) in [6, 6.07) is 98.5. The van der Waals surface area contributed by atoms with Crippen LogP contribution in [0.15, 0.2) is 267 Å². The molecule has 1 aliphatic carbocycles. The van der Waals surface area contributed by atoms with Gasteiger partial charge in [-0.25, -0.2) is 0 Å². The number of para-hydroxylation sites is 2. The van der Waals surface area contributed by atoms with Gasteiger partial charge in [-0.15, -0.1) is 0 Å². The number of anilines is 9. The summed E-state index contributed by atoms with van der Waals surface area (Å²) < 4.78 is 0. The maximum atomic E-state index is 2.56. The van der Waals surface area contributed by atoms with Crippen molar-refractivity contribution in [1.82, 2.24) is 0 Å². The molecule has 2 heterocycles. The summed E-state index contributed by atoms with van der Waals surface area (Å²) in [7, 11) is 0. The number of fused-ring (bicyclic) bond motifs is 8. The summed E-state index contributed by atoms with van der Waals surface area (Å²) in [5.41, 5.74) is 24.0. The second-order valence-corrected chi connectivity index (χ2v) is 19.8. The standard InChI is InChI=1S/C70H47N3/c1-70-61-28-14-13-25-56(61)59-26-15-30-66(69(59)70)73(64-41-35-50(44-62(64)70)46-17-5-2-6-18-46)63-42-40-58-57-39-34-51(45-67(57)72(53-23-9-4-10-24-53)65-29-16-27-60(63)68(58)65)48-31-36-54(37-32-48)71(52-21-7-3-8-22-52)55-38-33-47-19-11-12-20-49(47)43-55/h2-45H,1H3. The number of hydrogen-bond donors (Lipinski definition) is 0. The molecule has 3 heteroatoms. The van der Waals surface area contributed by atoms with E-state index >= 15 is 0 Å². The highest BCUT2D eigenvalue weighted by Gasteiger charge is 2.48. The highest BCUT2D eigenvalue weighted by molar-refractivity contribution is 6.19. The Bertz CT molecular complexity index is 4160. The highest BCUT2D eigenvalue weighted by Crippen LogP contribution is 2.64. The number of benzene rings is 12. The molecule has 0 N–H and O–H groups in total. The number of rotatable bonds is 7. The van der Waals surface area contributed by atoms with Gasteiger partial charge in [0.05, 0.1) is 28.4 Å². The van der Waals surface area contributed by atoms with Crippen molar-refractivity contribution in [2.45, 2.75) is 12.3 Å². The van der Waals surface area contributed by atoms with Crippen molar-refractivity contribution in [3.63, 3.8) is 0 Å². The fraction of sp³-hybridized carbons (Fsp3) is 0.0286. The first-order valence-corrected chi connectivity index (χ1v) is 25.3. The van der Waals surface area contributed by atoms with E-state index in [1.54, 1.807) is 0 Å². The maximum absolute atomic E-state index is 2.56. The molecule has 0 aromatic heterocycles. The van der Waals surface area contributed by atoms with Gasteiger partial charge in [-0.3, -0.25) is 0 Å². The van der Waals surface area contributed by atoms with Gasteiger partial charge in [0.15, 0.2) is 0 Å². The van der Waals surface area contributed by atoms with Crippen LogP contribution < -0.4 is 14.7 Å². The zero-order valence-electron chi connectivity index (χ0n) is 40.2. The molecular weight excluding hydrogens is 883 g/mol. The second kappa shape index (κ2) is 16.0. The minimum absolute atomic E-state index is 0.342. The molecule has 0 saturated heterocycles. The predicted molar refractivity (Wildman–Crippen MR) is 306 cm³/mol. The molecule has 12 aromatic rings. The number of nitrogens with zero attached hydrogens (tertiary/aromatic N) is 3. The van der Waals surface area contributed by atoms with Crippen molar-refractivity contribution in [2.24, 2.45) is 0 Å². The van der Waals surface area contributed by atoms with Gasteiger partial charge >= 0.3 is 0 Å². The first kappa shape index (κ1) is 41.4. The minimum Gasteiger partial charge on any atom is -0.310 e. The molecule has 0 amide bonds. The lowest BCUT2D eigenvalue weighted by molar-refractivity contribution is 0.702. The Morgan fingerprint density at radius 3 is 1.75 bits per heavy atom. The predicted octanol–water partition coefficient (Wildman–Crippen LogP) is 19.4. The number of hydrogen-bond acceptors (Lipinski definition) is 3. The molecule has 15 rings (SSSR count). The fourth-order valence-electron chi connectivity index (χ4n) is 12.6. The van der Waals surface area contributed by atoms with E-state index in [0.717, 1.165) is 39.6 Å². The summed E-state index contributed by atoms with van der Waals surface area (Å²) in [5, 5.41) is 4.91. The van der Waals surface area contributed by atoms with Crippen LogP contribution >= 0.6 is 0 Å². The zero-order valence-corrected chi connectivity index (χ0v) is 40.2. The van der Waals surface area contributed by atoms with E-state index in [-0.39, 0.29) is 5.41 Å². The molecule has 1 unspecified atom stereocenters. The molecule has 12 aromatic carbocycles. The molecule has 0 saturated carbocycles. The maximum Gasteiger partial charge on any atom is 0.0547 e. The quantitative estimate of drug-likeness (QED) is 0.158. The molecular formula is C70H47N3. The first-order valence-electron chi connectivity index (χ1n) is 25.3. The normalized spacial score (nSPS) is 14.6. The molecule has 0 bridgehead atoms. The van der Waals surface area contributed by atoms with E-state index in [0.29, 0.717) is 0 Å². The average molecular weight is 930 g/mol. The third-order valence-electron chi connectivity index (χ3n) is 15.9. The van der Waals surface area contributed by atoms with E-state index in [1.807, 2.05) is 0 Å². The van der Waals surface area contributed by atoms with Crippen LogP contribution in [0.5, 0.6) is 0 Å². The van der Waals surface area contributed by atoms with Gasteiger partial charge < -0.3 is 14.7 Å². The summed E-state index contributed by atoms with van der Waals surface area (Å²) in [4.78, 5) is 7.39. The van der Waals surface area contributed by atoms with Gasteiger partial charge in [-0.1, -0.05) is 182 Å². The van der Waals surface area contributed by atoms with Crippen LogP contribution in [0.2, 0.25) is 0 Å². The van der Waals surface area contributed by atoms with Gasteiger partial charge in [-0.05, 0) is 158 Å². The monoisotopic (exact) mass is 929 g/mol. The summed E-state index contributed by atoms with van der Waals surface area (Å²) in [6.07, 6.45) is 0. The van der Waals surface area contributed by atoms with E-state index in [2.05, 4.69) is 289 Å². The molecule has 1 atom stereocenters. The Morgan fingerprint density at radius 2 is 0.918 bits per heavy atom. The van der Waals surface area contributed by atoms with Gasteiger partial charge in [0, 0.05) is 44.5 Å². The van der Waals surface area contributed by atoms with Crippen molar-refractivity contribution in [2.75, 3.05) is 14.7 Å². The van der Waals surface area contributed by atoms with Crippen LogP contribution in [0.25, 0.3) is 66.1 Å². The van der Waals surface area contributed by atoms with Crippen molar-refractivity contribution >= 4 is 72.7 Å². The van der Waals surface area contributed by atoms with Crippen LogP contribution in [0.1, 0.15) is 23.6 Å². The molecule has 0 fully saturated rings. The third-order valence-corrected chi connectivity index (χ3v) is 15.9. The van der Waals surface area contributed by atoms with Crippen molar-refractivity contribution in [3.8, 4) is 44.5 Å². The molecule has 0 radical (unpaired) electrons. The van der Waals surface area contributed by atoms with Crippen LogP contribution in [0, 0.1) is 0 Å². The van der Waals surface area contributed by atoms with Crippen LogP contribution in [0.3, 0.4) is 0 Å². The van der Waals surface area contributed by atoms with Gasteiger partial charge in [0.1, 0.15) is 0 Å². The minimum atomic E-state index is -0.342. The smallest absolute Gasteiger partial charge is 0.0547 e. The highest BCUT2D eigenvalue weighted by atomic mass is 15.2. The van der Waals surface area contributed by atoms with Gasteiger partial charge in [0.2, 0.25) is 0 Å². The zero-order chi connectivity index (χ0) is 48.2. The Balaban J connectivity index is 0.883. The Labute approximate surface area is 425 Å². The molecule has 73 heavy (non-hydrogen) atoms. The van der Waals surface area contributed by atoms with Crippen LogP contribution in [-0.2, 0) is 5.41 Å². The summed E-state index contributed by atoms with van der Waals surface area (Å²) >= 11 is 0. The second-order valence-electron chi connectivity index (χ2n) is 19.8. The topological polar surface area (TPSA) is 9.72 Å². The van der Waals surface area contributed by atoms with Crippen LogP contribution in [0.4, 0.5) is 51.2 Å². The SMILES string of the molecule is CC12c3ccccc3-c3cccc(c31)N(c1ccc3c4c(cccc14)N(c1ccccc1)c1cc(-c4ccc(N(c5ccccc5)c5ccc6ccccc6c5)cc4)ccc1-3)c1ccc(-c3ccccc3)cc12. The largest absolute Gasteiger partial charge is 0.310 e. The first-order chi connectivity index (χ1) is 36.1. The lowest BCUT2D eigenvalue weighted by Gasteiger charge is -2.43. The Hall–Kier alpha value is -9.44. The van der Waals surface area contributed by atoms with E-state index in [9.17, 15) is 0 Å². The average Bonchev–Trinajstić information content (AvgIpc) is 3.79. The van der Waals surface area contributed by atoms with Crippen molar-refractivity contribution in [1.29, 1.82) is 0 Å². The molecule has 342 valence electrons. The Morgan fingerprint density at radius 1 is 0.315 bits per heavy atom. The Kier molecular flexibility index (Phi) is 9.09. The lowest BCUT2D eigenvalue weighted by atomic mass is 9.70. The third kappa shape index (κ3) is 6.19. The fourth-order valence-corrected chi connectivity index (χ4v) is 12.6. The van der Waals surface area contributed by atoms with E-state index < -0.39 is 0 Å². The van der Waals surface area contributed by atoms with E-state index in [1.165, 1.54) is 94.4 Å². The molecule has 3 aliphatic rings. The summed E-state index contributed by atoms with van der Waals surface area (Å²) in [6.45, 7) is 2.45. The van der Waals surface area contributed by atoms with Crippen molar-refractivity contribution in [3.05, 3.63) is 284 Å². The van der Waals surface area contributed by atoms with Crippen molar-refractivity contribution < 1.29 is 0 Å². The molecule has 0 spiro atoms. The lowest BCUT2D eigenvalue weighted by Crippen LogP contribution is -2.32. The van der Waals surface area contributed by atoms with Gasteiger partial charge in [0.25, 0.3) is 0 Å². The summed E-state index contributed by atoms with van der Waals surface area (Å²) in [5.74, 6) is 0. The molecule has 2 aliphatic heterocycles. The molecule has 3 nitrogen and oxygen atoms in total. The van der Waals surface area contributed by atoms with Crippen LogP contribution in [-0.4, -0.2) is 0 Å². The van der Waals surface area contributed by atoms with Gasteiger partial charge in [-0.2, -0.15) is 0 Å². The van der Waals surface area contributed by atoms with E-state index in [4.69, 9.17) is 0 Å².